The second kappa shape index (κ2) is 13.6. The number of fused-ring (bicyclic) bond motifs is 1. The number of oxime groups is 1. The molecule has 2 heterocycles. The number of aromatic hydroxyl groups is 2. The highest BCUT2D eigenvalue weighted by Gasteiger charge is 2.23. The Kier molecular flexibility index (Phi) is 10.2. The zero-order chi connectivity index (χ0) is 25.0. The summed E-state index contributed by atoms with van der Waals surface area (Å²) < 4.78 is 5.73. The number of amides is 1. The summed E-state index contributed by atoms with van der Waals surface area (Å²) in [4.78, 5) is 32.6. The Hall–Kier alpha value is -3.29. The summed E-state index contributed by atoms with van der Waals surface area (Å²) in [7, 11) is 0. The number of esters is 1. The van der Waals surface area contributed by atoms with Gasteiger partial charge in [-0.25, -0.2) is 4.79 Å². The quantitative estimate of drug-likeness (QED) is 0.358. The number of hydrogen-bond donors (Lipinski definition) is 2. The van der Waals surface area contributed by atoms with Crippen molar-refractivity contribution < 1.29 is 29.4 Å². The van der Waals surface area contributed by atoms with Gasteiger partial charge in [0.2, 0.25) is 0 Å². The van der Waals surface area contributed by atoms with Crippen molar-refractivity contribution in [2.45, 2.75) is 70.8 Å². The molecule has 2 aliphatic rings. The maximum absolute atomic E-state index is 13.1. The smallest absolute Gasteiger partial charge is 0.342 e. The number of carbonyl (C=O) groups excluding carboxylic acids is 2. The van der Waals surface area contributed by atoms with Crippen molar-refractivity contribution in [1.29, 1.82) is 0 Å². The molecule has 1 fully saturated rings. The van der Waals surface area contributed by atoms with E-state index in [1.54, 1.807) is 11.0 Å². The van der Waals surface area contributed by atoms with Crippen LogP contribution in [0.2, 0.25) is 0 Å². The van der Waals surface area contributed by atoms with Gasteiger partial charge in [0.15, 0.2) is 6.61 Å². The summed E-state index contributed by atoms with van der Waals surface area (Å²) in [6.45, 7) is 3.33. The number of piperidine rings is 1. The van der Waals surface area contributed by atoms with Crippen molar-refractivity contribution in [3.8, 4) is 11.5 Å². The number of benzene rings is 1. The van der Waals surface area contributed by atoms with E-state index < -0.39 is 5.97 Å². The molecule has 0 aliphatic carbocycles. The number of likely N-dealkylation sites (tertiary alicyclic amines) is 1. The SMILES string of the molecule is CCCC1C/C=C/CC/C=C/C(=N/OCC(=O)N2CCCCC2)Cc2cc(O)cc(O)c2C(=O)O1. The van der Waals surface area contributed by atoms with Crippen LogP contribution in [-0.4, -0.2) is 58.5 Å². The van der Waals surface area contributed by atoms with E-state index in [1.807, 2.05) is 19.1 Å². The molecule has 2 N–H and O–H groups in total. The van der Waals surface area contributed by atoms with Crippen LogP contribution in [0.15, 0.2) is 41.6 Å². The van der Waals surface area contributed by atoms with Gasteiger partial charge < -0.3 is 24.7 Å². The van der Waals surface area contributed by atoms with Gasteiger partial charge in [0.1, 0.15) is 23.2 Å². The van der Waals surface area contributed by atoms with Crippen molar-refractivity contribution in [3.05, 3.63) is 47.6 Å². The number of nitrogens with zero attached hydrogens (tertiary/aromatic N) is 2. The molecule has 8 nitrogen and oxygen atoms in total. The van der Waals surface area contributed by atoms with Gasteiger partial charge in [0, 0.05) is 32.0 Å². The zero-order valence-electron chi connectivity index (χ0n) is 20.4. The first kappa shape index (κ1) is 26.3. The first-order chi connectivity index (χ1) is 17.0. The van der Waals surface area contributed by atoms with Crippen molar-refractivity contribution in [2.24, 2.45) is 5.16 Å². The van der Waals surface area contributed by atoms with E-state index in [-0.39, 0.29) is 42.1 Å². The minimum Gasteiger partial charge on any atom is -0.508 e. The normalized spacial score (nSPS) is 22.5. The first-order valence-electron chi connectivity index (χ1n) is 12.5. The Labute approximate surface area is 206 Å². The Morgan fingerprint density at radius 2 is 1.91 bits per heavy atom. The summed E-state index contributed by atoms with van der Waals surface area (Å²) in [6, 6.07) is 2.54. The zero-order valence-corrected chi connectivity index (χ0v) is 20.4. The number of carbonyl (C=O) groups is 2. The molecule has 3 rings (SSSR count). The van der Waals surface area contributed by atoms with Crippen LogP contribution in [0.4, 0.5) is 0 Å². The second-order valence-corrected chi connectivity index (χ2v) is 8.98. The maximum atomic E-state index is 13.1. The molecule has 1 unspecified atom stereocenters. The van der Waals surface area contributed by atoms with Crippen LogP contribution >= 0.6 is 0 Å². The molecule has 0 bridgehead atoms. The van der Waals surface area contributed by atoms with Gasteiger partial charge in [-0.2, -0.15) is 0 Å². The Morgan fingerprint density at radius 1 is 1.14 bits per heavy atom. The highest BCUT2D eigenvalue weighted by molar-refractivity contribution is 6.00. The minimum atomic E-state index is -0.647. The molecule has 1 aromatic carbocycles. The van der Waals surface area contributed by atoms with Gasteiger partial charge in [-0.3, -0.25) is 4.79 Å². The first-order valence-corrected chi connectivity index (χ1v) is 12.5. The molecular weight excluding hydrogens is 448 g/mol. The lowest BCUT2D eigenvalue weighted by molar-refractivity contribution is -0.137. The van der Waals surface area contributed by atoms with Crippen molar-refractivity contribution >= 4 is 17.6 Å². The fourth-order valence-electron chi connectivity index (χ4n) is 4.30. The molecule has 1 amide bonds. The van der Waals surface area contributed by atoms with Gasteiger partial charge in [-0.05, 0) is 56.2 Å². The number of phenolic OH excluding ortho intramolecular Hbond substituents is 2. The Balaban J connectivity index is 1.84. The average molecular weight is 485 g/mol. The van der Waals surface area contributed by atoms with Crippen molar-refractivity contribution in [3.63, 3.8) is 0 Å². The monoisotopic (exact) mass is 484 g/mol. The molecule has 190 valence electrons. The number of ether oxygens (including phenoxy) is 1. The molecule has 0 saturated carbocycles. The standard InChI is InChI=1S/C27H36N2O6/c1-2-11-23-13-8-5-3-4-7-12-21(28-34-19-25(32)29-14-9-6-10-15-29)16-20-17-22(30)18-24(31)26(20)27(33)35-23/h5,7-8,12,17-18,23,30-31H,2-4,6,9-11,13-16,19H2,1H3/b8-5+,12-7+,28-21-. The third kappa shape index (κ3) is 8.16. The third-order valence-corrected chi connectivity index (χ3v) is 6.10. The van der Waals surface area contributed by atoms with Crippen LogP contribution in [0.1, 0.15) is 74.2 Å². The van der Waals surface area contributed by atoms with Crippen LogP contribution < -0.4 is 0 Å². The van der Waals surface area contributed by atoms with E-state index >= 15 is 0 Å². The summed E-state index contributed by atoms with van der Waals surface area (Å²) in [6.07, 6.45) is 14.5. The maximum Gasteiger partial charge on any atom is 0.342 e. The summed E-state index contributed by atoms with van der Waals surface area (Å²) >= 11 is 0. The highest BCUT2D eigenvalue weighted by atomic mass is 16.6. The van der Waals surface area contributed by atoms with Crippen molar-refractivity contribution in [2.75, 3.05) is 19.7 Å². The van der Waals surface area contributed by atoms with E-state index in [1.165, 1.54) is 6.07 Å². The molecule has 0 spiro atoms. The van der Waals surface area contributed by atoms with E-state index in [0.29, 0.717) is 24.1 Å². The van der Waals surface area contributed by atoms with E-state index in [0.717, 1.165) is 57.7 Å². The van der Waals surface area contributed by atoms with Gasteiger partial charge >= 0.3 is 5.97 Å². The van der Waals surface area contributed by atoms with Gasteiger partial charge in [-0.1, -0.05) is 36.7 Å². The average Bonchev–Trinajstić information content (AvgIpc) is 2.82. The molecule has 1 aromatic rings. The van der Waals surface area contributed by atoms with E-state index in [9.17, 15) is 19.8 Å². The van der Waals surface area contributed by atoms with E-state index in [4.69, 9.17) is 9.57 Å². The molecule has 2 aliphatic heterocycles. The lowest BCUT2D eigenvalue weighted by Crippen LogP contribution is -2.37. The molecule has 1 atom stereocenters. The fraction of sp³-hybridized carbons (Fsp3) is 0.519. The molecule has 8 heteroatoms. The lowest BCUT2D eigenvalue weighted by Gasteiger charge is -2.26. The molecule has 0 aromatic heterocycles. The fourth-order valence-corrected chi connectivity index (χ4v) is 4.30. The van der Waals surface area contributed by atoms with Crippen LogP contribution in [0.25, 0.3) is 0 Å². The van der Waals surface area contributed by atoms with Crippen LogP contribution in [-0.2, 0) is 20.8 Å². The topological polar surface area (TPSA) is 109 Å². The Morgan fingerprint density at radius 3 is 2.69 bits per heavy atom. The number of cyclic esters (lactones) is 1. The third-order valence-electron chi connectivity index (χ3n) is 6.10. The predicted octanol–water partition coefficient (Wildman–Crippen LogP) is 4.65. The van der Waals surface area contributed by atoms with Crippen LogP contribution in [0.3, 0.4) is 0 Å². The molecule has 35 heavy (non-hydrogen) atoms. The largest absolute Gasteiger partial charge is 0.508 e. The second-order valence-electron chi connectivity index (χ2n) is 8.98. The number of rotatable bonds is 5. The number of phenols is 2. The van der Waals surface area contributed by atoms with Crippen LogP contribution in [0.5, 0.6) is 11.5 Å². The highest BCUT2D eigenvalue weighted by Crippen LogP contribution is 2.30. The Bertz CT molecular complexity index is 963. The summed E-state index contributed by atoms with van der Waals surface area (Å²) in [5.74, 6) is -1.28. The number of allylic oxidation sites excluding steroid dienone is 3. The van der Waals surface area contributed by atoms with Crippen LogP contribution in [0, 0.1) is 0 Å². The summed E-state index contributed by atoms with van der Waals surface area (Å²) in [5.41, 5.74) is 0.821. The summed E-state index contributed by atoms with van der Waals surface area (Å²) in [5, 5.41) is 24.7. The molecular formula is C27H36N2O6. The van der Waals surface area contributed by atoms with Gasteiger partial charge in [0.25, 0.3) is 5.91 Å². The molecule has 0 radical (unpaired) electrons. The lowest BCUT2D eigenvalue weighted by atomic mass is 9.99. The number of hydrogen-bond acceptors (Lipinski definition) is 7. The van der Waals surface area contributed by atoms with Crippen molar-refractivity contribution in [1.82, 2.24) is 4.90 Å². The van der Waals surface area contributed by atoms with Gasteiger partial charge in [-0.15, -0.1) is 0 Å². The predicted molar refractivity (Wildman–Crippen MR) is 134 cm³/mol. The van der Waals surface area contributed by atoms with Gasteiger partial charge in [0.05, 0.1) is 5.71 Å². The van der Waals surface area contributed by atoms with E-state index in [2.05, 4.69) is 11.2 Å². The molecule has 1 saturated heterocycles. The minimum absolute atomic E-state index is 0.00423.